The van der Waals surface area contributed by atoms with Crippen molar-refractivity contribution >= 4 is 10.0 Å². The van der Waals surface area contributed by atoms with E-state index in [9.17, 15) is 8.42 Å². The number of piperidine rings is 1. The van der Waals surface area contributed by atoms with Gasteiger partial charge in [-0.1, -0.05) is 12.5 Å². The highest BCUT2D eigenvalue weighted by Gasteiger charge is 2.23. The van der Waals surface area contributed by atoms with Gasteiger partial charge in [0.15, 0.2) is 0 Å². The first-order valence-corrected chi connectivity index (χ1v) is 7.16. The molecule has 1 fully saturated rings. The van der Waals surface area contributed by atoms with Crippen molar-refractivity contribution in [3.05, 3.63) is 30.1 Å². The average molecular weight is 240 g/mol. The first kappa shape index (κ1) is 11.5. The molecule has 0 aromatic carbocycles. The van der Waals surface area contributed by atoms with Gasteiger partial charge in [0.25, 0.3) is 0 Å². The molecule has 4 nitrogen and oxygen atoms in total. The molecular weight excluding hydrogens is 224 g/mol. The first-order valence-electron chi connectivity index (χ1n) is 5.55. The van der Waals surface area contributed by atoms with E-state index in [-0.39, 0.29) is 5.75 Å². The summed E-state index contributed by atoms with van der Waals surface area (Å²) < 4.78 is 25.7. The van der Waals surface area contributed by atoms with Gasteiger partial charge >= 0.3 is 0 Å². The standard InChI is InChI=1S/C11H16N2O2S/c14-16(15,13-7-2-1-3-8-13)10-11-5-4-6-12-9-11/h4-6,9H,1-3,7-8,10H2. The summed E-state index contributed by atoms with van der Waals surface area (Å²) in [5, 5.41) is 0. The molecule has 1 aromatic heterocycles. The first-order chi connectivity index (χ1) is 7.68. The predicted octanol–water partition coefficient (Wildman–Crippen LogP) is 1.40. The number of nitrogens with zero attached hydrogens (tertiary/aromatic N) is 2. The summed E-state index contributed by atoms with van der Waals surface area (Å²) in [6.45, 7) is 1.34. The number of hydrogen-bond donors (Lipinski definition) is 0. The molecule has 88 valence electrons. The van der Waals surface area contributed by atoms with E-state index >= 15 is 0 Å². The van der Waals surface area contributed by atoms with Crippen LogP contribution in [0.15, 0.2) is 24.5 Å². The minimum Gasteiger partial charge on any atom is -0.264 e. The summed E-state index contributed by atoms with van der Waals surface area (Å²) >= 11 is 0. The van der Waals surface area contributed by atoms with Crippen LogP contribution in [-0.4, -0.2) is 30.8 Å². The zero-order valence-corrected chi connectivity index (χ0v) is 9.99. The smallest absolute Gasteiger partial charge is 0.218 e. The second kappa shape index (κ2) is 4.93. The second-order valence-corrected chi connectivity index (χ2v) is 6.05. The minimum absolute atomic E-state index is 0.0703. The summed E-state index contributed by atoms with van der Waals surface area (Å²) in [5.41, 5.74) is 0.757. The van der Waals surface area contributed by atoms with Crippen molar-refractivity contribution in [3.8, 4) is 0 Å². The van der Waals surface area contributed by atoms with Crippen LogP contribution in [0.2, 0.25) is 0 Å². The highest BCUT2D eigenvalue weighted by molar-refractivity contribution is 7.88. The molecule has 0 spiro atoms. The lowest BCUT2D eigenvalue weighted by Gasteiger charge is -2.25. The molecule has 1 saturated heterocycles. The van der Waals surface area contributed by atoms with Gasteiger partial charge in [0.1, 0.15) is 0 Å². The molecule has 0 saturated carbocycles. The maximum absolute atomic E-state index is 12.1. The van der Waals surface area contributed by atoms with Gasteiger partial charge in [0.05, 0.1) is 5.75 Å². The summed E-state index contributed by atoms with van der Waals surface area (Å²) in [6.07, 6.45) is 6.36. The molecule has 0 unspecified atom stereocenters. The van der Waals surface area contributed by atoms with Gasteiger partial charge in [-0.25, -0.2) is 12.7 Å². The number of sulfonamides is 1. The van der Waals surface area contributed by atoms with Crippen molar-refractivity contribution in [1.29, 1.82) is 0 Å². The quantitative estimate of drug-likeness (QED) is 0.802. The molecule has 5 heteroatoms. The third-order valence-electron chi connectivity index (χ3n) is 2.78. The third kappa shape index (κ3) is 2.80. The van der Waals surface area contributed by atoms with Gasteiger partial charge < -0.3 is 0 Å². The molecule has 2 heterocycles. The maximum Gasteiger partial charge on any atom is 0.218 e. The molecule has 16 heavy (non-hydrogen) atoms. The molecule has 1 aromatic rings. The molecule has 0 bridgehead atoms. The second-order valence-electron chi connectivity index (χ2n) is 4.08. The number of aromatic nitrogens is 1. The van der Waals surface area contributed by atoms with Crippen LogP contribution in [0.5, 0.6) is 0 Å². The molecule has 0 N–H and O–H groups in total. The van der Waals surface area contributed by atoms with Crippen LogP contribution in [0.4, 0.5) is 0 Å². The Morgan fingerprint density at radius 2 is 2.00 bits per heavy atom. The minimum atomic E-state index is -3.14. The molecule has 0 radical (unpaired) electrons. The Morgan fingerprint density at radius 1 is 1.25 bits per heavy atom. The van der Waals surface area contributed by atoms with E-state index in [1.165, 1.54) is 0 Å². The van der Waals surface area contributed by atoms with Gasteiger partial charge in [0.2, 0.25) is 10.0 Å². The molecule has 1 aliphatic rings. The van der Waals surface area contributed by atoms with Crippen molar-refractivity contribution in [2.75, 3.05) is 13.1 Å². The van der Waals surface area contributed by atoms with Crippen molar-refractivity contribution in [2.45, 2.75) is 25.0 Å². The number of pyridine rings is 1. The van der Waals surface area contributed by atoms with Crippen LogP contribution in [0, 0.1) is 0 Å². The maximum atomic E-state index is 12.1. The van der Waals surface area contributed by atoms with Crippen LogP contribution in [0.25, 0.3) is 0 Å². The molecular formula is C11H16N2O2S. The highest BCUT2D eigenvalue weighted by Crippen LogP contribution is 2.16. The molecule has 0 amide bonds. The van der Waals surface area contributed by atoms with Crippen molar-refractivity contribution in [3.63, 3.8) is 0 Å². The van der Waals surface area contributed by atoms with E-state index in [4.69, 9.17) is 0 Å². The van der Waals surface area contributed by atoms with Crippen LogP contribution in [0.1, 0.15) is 24.8 Å². The van der Waals surface area contributed by atoms with E-state index < -0.39 is 10.0 Å². The van der Waals surface area contributed by atoms with E-state index in [0.717, 1.165) is 24.8 Å². The average Bonchev–Trinajstić information content (AvgIpc) is 2.31. The Bertz CT molecular complexity index is 425. The van der Waals surface area contributed by atoms with Gasteiger partial charge in [0, 0.05) is 25.5 Å². The Kier molecular flexibility index (Phi) is 3.56. The van der Waals surface area contributed by atoms with Gasteiger partial charge in [-0.15, -0.1) is 0 Å². The predicted molar refractivity (Wildman–Crippen MR) is 62.3 cm³/mol. The number of rotatable bonds is 3. The van der Waals surface area contributed by atoms with E-state index in [2.05, 4.69) is 4.98 Å². The van der Waals surface area contributed by atoms with Crippen molar-refractivity contribution < 1.29 is 8.42 Å². The Hall–Kier alpha value is -0.940. The lowest BCUT2D eigenvalue weighted by molar-refractivity contribution is 0.346. The summed E-state index contributed by atoms with van der Waals surface area (Å²) in [7, 11) is -3.14. The summed E-state index contributed by atoms with van der Waals surface area (Å²) in [6, 6.07) is 3.57. The van der Waals surface area contributed by atoms with Crippen LogP contribution >= 0.6 is 0 Å². The fraction of sp³-hybridized carbons (Fsp3) is 0.545. The van der Waals surface area contributed by atoms with Crippen LogP contribution < -0.4 is 0 Å². The lowest BCUT2D eigenvalue weighted by atomic mass is 10.2. The van der Waals surface area contributed by atoms with Crippen molar-refractivity contribution in [2.24, 2.45) is 0 Å². The van der Waals surface area contributed by atoms with Crippen LogP contribution in [-0.2, 0) is 15.8 Å². The summed E-state index contributed by atoms with van der Waals surface area (Å²) in [4.78, 5) is 3.93. The zero-order valence-electron chi connectivity index (χ0n) is 9.17. The Labute approximate surface area is 96.4 Å². The lowest BCUT2D eigenvalue weighted by Crippen LogP contribution is -2.36. The van der Waals surface area contributed by atoms with E-state index in [0.29, 0.717) is 13.1 Å². The molecule has 2 rings (SSSR count). The van der Waals surface area contributed by atoms with Gasteiger partial charge in [-0.05, 0) is 24.5 Å². The topological polar surface area (TPSA) is 50.3 Å². The monoisotopic (exact) mass is 240 g/mol. The third-order valence-corrected chi connectivity index (χ3v) is 4.63. The fourth-order valence-electron chi connectivity index (χ4n) is 1.93. The van der Waals surface area contributed by atoms with E-state index in [1.54, 1.807) is 28.8 Å². The molecule has 1 aliphatic heterocycles. The normalized spacial score (nSPS) is 18.5. The largest absolute Gasteiger partial charge is 0.264 e. The molecule has 0 aliphatic carbocycles. The van der Waals surface area contributed by atoms with Crippen molar-refractivity contribution in [1.82, 2.24) is 9.29 Å². The Morgan fingerprint density at radius 3 is 2.62 bits per heavy atom. The molecule has 0 atom stereocenters. The van der Waals surface area contributed by atoms with E-state index in [1.807, 2.05) is 0 Å². The summed E-state index contributed by atoms with van der Waals surface area (Å²) in [5.74, 6) is 0.0703. The van der Waals surface area contributed by atoms with Crippen LogP contribution in [0.3, 0.4) is 0 Å². The Balaban J connectivity index is 2.08. The van der Waals surface area contributed by atoms with Gasteiger partial charge in [-0.2, -0.15) is 0 Å². The van der Waals surface area contributed by atoms with Gasteiger partial charge in [-0.3, -0.25) is 4.98 Å². The fourth-order valence-corrected chi connectivity index (χ4v) is 3.52. The number of hydrogen-bond acceptors (Lipinski definition) is 3. The highest BCUT2D eigenvalue weighted by atomic mass is 32.2. The zero-order chi connectivity index (χ0) is 11.4. The SMILES string of the molecule is O=S(=O)(Cc1cccnc1)N1CCCCC1.